The summed E-state index contributed by atoms with van der Waals surface area (Å²) in [4.78, 5) is 22.1. The number of aryl methyl sites for hydroxylation is 2. The van der Waals surface area contributed by atoms with E-state index in [9.17, 15) is 4.79 Å². The summed E-state index contributed by atoms with van der Waals surface area (Å²) in [6.07, 6.45) is 4.14. The number of hydrogen-bond acceptors (Lipinski definition) is 4. The van der Waals surface area contributed by atoms with E-state index in [1.165, 1.54) is 6.42 Å². The van der Waals surface area contributed by atoms with Gasteiger partial charge in [0.05, 0.1) is 11.3 Å². The van der Waals surface area contributed by atoms with Gasteiger partial charge in [-0.3, -0.25) is 14.7 Å². The third kappa shape index (κ3) is 3.33. The molecule has 0 aromatic carbocycles. The monoisotopic (exact) mass is 339 g/mol. The maximum atomic E-state index is 13.1. The highest BCUT2D eigenvalue weighted by Gasteiger charge is 2.38. The van der Waals surface area contributed by atoms with Crippen LogP contribution in [0.3, 0.4) is 0 Å². The van der Waals surface area contributed by atoms with Crippen LogP contribution in [0, 0.1) is 19.8 Å². The molecule has 0 unspecified atom stereocenters. The molecular weight excluding hydrogens is 314 g/mol. The first kappa shape index (κ1) is 16.3. The standard InChI is InChI=1S/C20H25N3O2/c1-14-9-19(15(2)25-14)20(24)23-11-16-6-7-18(23)13-22(10-16)12-17-5-3-4-8-21-17/h3-5,8-9,16,18H,6-7,10-13H2,1-2H3/t16-,18+/m0/s1. The van der Waals surface area contributed by atoms with E-state index in [4.69, 9.17) is 4.42 Å². The average Bonchev–Trinajstić information content (AvgIpc) is 2.76. The van der Waals surface area contributed by atoms with Crippen LogP contribution in [0.4, 0.5) is 0 Å². The molecule has 0 saturated carbocycles. The predicted molar refractivity (Wildman–Crippen MR) is 95.2 cm³/mol. The summed E-state index contributed by atoms with van der Waals surface area (Å²) in [5, 5.41) is 0. The molecule has 2 atom stereocenters. The third-order valence-electron chi connectivity index (χ3n) is 5.43. The molecule has 3 aliphatic rings. The van der Waals surface area contributed by atoms with Gasteiger partial charge in [-0.2, -0.15) is 0 Å². The molecule has 132 valence electrons. The molecule has 3 fully saturated rings. The molecular formula is C20H25N3O2. The second-order valence-corrected chi connectivity index (χ2v) is 7.40. The molecule has 0 spiro atoms. The number of fused-ring (bicyclic) bond motifs is 4. The Bertz CT molecular complexity index is 756. The Labute approximate surface area is 148 Å². The van der Waals surface area contributed by atoms with E-state index in [2.05, 4.69) is 20.9 Å². The predicted octanol–water partition coefficient (Wildman–Crippen LogP) is 3.03. The Morgan fingerprint density at radius 2 is 2.12 bits per heavy atom. The quantitative estimate of drug-likeness (QED) is 0.862. The lowest BCUT2D eigenvalue weighted by Gasteiger charge is -2.36. The van der Waals surface area contributed by atoms with Gasteiger partial charge in [0.1, 0.15) is 11.5 Å². The summed E-state index contributed by atoms with van der Waals surface area (Å²) >= 11 is 0. The van der Waals surface area contributed by atoms with E-state index in [1.807, 2.05) is 38.2 Å². The van der Waals surface area contributed by atoms with Gasteiger partial charge in [0.2, 0.25) is 0 Å². The Kier molecular flexibility index (Phi) is 4.34. The maximum absolute atomic E-state index is 13.1. The van der Waals surface area contributed by atoms with E-state index in [0.29, 0.717) is 5.92 Å². The molecule has 2 aromatic rings. The summed E-state index contributed by atoms with van der Waals surface area (Å²) < 4.78 is 5.57. The van der Waals surface area contributed by atoms with Crippen molar-refractivity contribution >= 4 is 5.91 Å². The van der Waals surface area contributed by atoms with Gasteiger partial charge in [0.25, 0.3) is 5.91 Å². The topological polar surface area (TPSA) is 49.6 Å². The van der Waals surface area contributed by atoms with Crippen LogP contribution in [0.2, 0.25) is 0 Å². The first-order valence-corrected chi connectivity index (χ1v) is 9.10. The molecule has 5 heteroatoms. The van der Waals surface area contributed by atoms with Crippen molar-refractivity contribution in [3.63, 3.8) is 0 Å². The van der Waals surface area contributed by atoms with Gasteiger partial charge in [-0.15, -0.1) is 0 Å². The van der Waals surface area contributed by atoms with E-state index in [-0.39, 0.29) is 11.9 Å². The fraction of sp³-hybridized carbons (Fsp3) is 0.500. The largest absolute Gasteiger partial charge is 0.466 e. The molecule has 3 saturated heterocycles. The van der Waals surface area contributed by atoms with Crippen LogP contribution < -0.4 is 0 Å². The van der Waals surface area contributed by atoms with Gasteiger partial charge in [0.15, 0.2) is 0 Å². The van der Waals surface area contributed by atoms with Gasteiger partial charge in [0, 0.05) is 38.4 Å². The minimum atomic E-state index is 0.128. The van der Waals surface area contributed by atoms with E-state index >= 15 is 0 Å². The highest BCUT2D eigenvalue weighted by molar-refractivity contribution is 5.95. The average molecular weight is 339 g/mol. The maximum Gasteiger partial charge on any atom is 0.257 e. The molecule has 0 aliphatic carbocycles. The fourth-order valence-corrected chi connectivity index (χ4v) is 4.28. The van der Waals surface area contributed by atoms with E-state index in [0.717, 1.165) is 55.4 Å². The van der Waals surface area contributed by atoms with Crippen molar-refractivity contribution in [2.75, 3.05) is 19.6 Å². The van der Waals surface area contributed by atoms with Crippen LogP contribution in [-0.4, -0.2) is 46.4 Å². The number of furan rings is 1. The lowest BCUT2D eigenvalue weighted by atomic mass is 9.94. The summed E-state index contributed by atoms with van der Waals surface area (Å²) in [7, 11) is 0. The zero-order valence-electron chi connectivity index (χ0n) is 14.9. The Hall–Kier alpha value is -2.14. The second-order valence-electron chi connectivity index (χ2n) is 7.40. The number of pyridine rings is 1. The molecule has 5 nitrogen and oxygen atoms in total. The van der Waals surface area contributed by atoms with Crippen molar-refractivity contribution in [2.24, 2.45) is 5.92 Å². The van der Waals surface area contributed by atoms with Gasteiger partial charge in [-0.1, -0.05) is 6.07 Å². The number of aromatic nitrogens is 1. The SMILES string of the molecule is Cc1cc(C(=O)N2C[C@H]3CC[C@@H]2CN(Cc2ccccn2)C3)c(C)o1. The fourth-order valence-electron chi connectivity index (χ4n) is 4.28. The number of nitrogens with zero attached hydrogens (tertiary/aromatic N) is 3. The second kappa shape index (κ2) is 6.64. The van der Waals surface area contributed by atoms with Crippen LogP contribution in [-0.2, 0) is 6.54 Å². The van der Waals surface area contributed by atoms with Crippen molar-refractivity contribution in [1.29, 1.82) is 0 Å². The normalized spacial score (nSPS) is 23.7. The van der Waals surface area contributed by atoms with Crippen LogP contribution in [0.5, 0.6) is 0 Å². The number of carbonyl (C=O) groups is 1. The minimum Gasteiger partial charge on any atom is -0.466 e. The minimum absolute atomic E-state index is 0.128. The van der Waals surface area contributed by atoms with Crippen molar-refractivity contribution in [3.8, 4) is 0 Å². The van der Waals surface area contributed by atoms with Crippen LogP contribution in [0.1, 0.15) is 40.4 Å². The van der Waals surface area contributed by atoms with Crippen molar-refractivity contribution in [2.45, 2.75) is 39.3 Å². The van der Waals surface area contributed by atoms with Gasteiger partial charge >= 0.3 is 0 Å². The van der Waals surface area contributed by atoms with Crippen molar-refractivity contribution in [3.05, 3.63) is 53.2 Å². The first-order chi connectivity index (χ1) is 12.1. The van der Waals surface area contributed by atoms with Crippen molar-refractivity contribution in [1.82, 2.24) is 14.8 Å². The number of amides is 1. The van der Waals surface area contributed by atoms with Crippen LogP contribution in [0.25, 0.3) is 0 Å². The summed E-state index contributed by atoms with van der Waals surface area (Å²) in [6, 6.07) is 8.22. The molecule has 25 heavy (non-hydrogen) atoms. The van der Waals surface area contributed by atoms with E-state index < -0.39 is 0 Å². The van der Waals surface area contributed by atoms with E-state index in [1.54, 1.807) is 0 Å². The molecule has 5 rings (SSSR count). The van der Waals surface area contributed by atoms with Crippen LogP contribution >= 0.6 is 0 Å². The zero-order chi connectivity index (χ0) is 17.4. The smallest absolute Gasteiger partial charge is 0.257 e. The number of carbonyl (C=O) groups excluding carboxylic acids is 1. The summed E-state index contributed by atoms with van der Waals surface area (Å²) in [5.41, 5.74) is 1.82. The highest BCUT2D eigenvalue weighted by Crippen LogP contribution is 2.30. The van der Waals surface area contributed by atoms with Crippen molar-refractivity contribution < 1.29 is 9.21 Å². The molecule has 5 heterocycles. The third-order valence-corrected chi connectivity index (χ3v) is 5.43. The van der Waals surface area contributed by atoms with Gasteiger partial charge in [-0.05, 0) is 50.8 Å². The zero-order valence-corrected chi connectivity index (χ0v) is 14.9. The molecule has 1 amide bonds. The Morgan fingerprint density at radius 3 is 2.84 bits per heavy atom. The lowest BCUT2D eigenvalue weighted by molar-refractivity contribution is 0.0583. The number of piperidine rings is 1. The molecule has 0 radical (unpaired) electrons. The molecule has 0 N–H and O–H groups in total. The number of rotatable bonds is 3. The lowest BCUT2D eigenvalue weighted by Crippen LogP contribution is -2.47. The van der Waals surface area contributed by atoms with Gasteiger partial charge in [-0.25, -0.2) is 0 Å². The number of hydrogen-bond donors (Lipinski definition) is 0. The highest BCUT2D eigenvalue weighted by atomic mass is 16.3. The first-order valence-electron chi connectivity index (χ1n) is 9.10. The molecule has 2 aromatic heterocycles. The Morgan fingerprint density at radius 1 is 1.24 bits per heavy atom. The van der Waals surface area contributed by atoms with Gasteiger partial charge < -0.3 is 9.32 Å². The Balaban J connectivity index is 1.51. The molecule has 3 aliphatic heterocycles. The molecule has 2 bridgehead atoms. The summed E-state index contributed by atoms with van der Waals surface area (Å²) in [6.45, 7) is 7.46. The van der Waals surface area contributed by atoms with Crippen LogP contribution in [0.15, 0.2) is 34.9 Å². The summed E-state index contributed by atoms with van der Waals surface area (Å²) in [5.74, 6) is 2.20.